The van der Waals surface area contributed by atoms with Gasteiger partial charge in [0, 0.05) is 10.5 Å². The minimum atomic E-state index is 0.237. The molecule has 0 heterocycles. The Morgan fingerprint density at radius 1 is 1.42 bits per heavy atom. The largest absolute Gasteiger partial charge is 0.178 e. The van der Waals surface area contributed by atoms with Crippen molar-refractivity contribution in [1.29, 1.82) is 0 Å². The number of thiol groups is 2. The van der Waals surface area contributed by atoms with Crippen LogP contribution in [0.25, 0.3) is 0 Å². The minimum Gasteiger partial charge on any atom is -0.178 e. The van der Waals surface area contributed by atoms with Gasteiger partial charge in [-0.15, -0.1) is 0 Å². The molecule has 0 N–H and O–H groups in total. The van der Waals surface area contributed by atoms with Crippen molar-refractivity contribution in [3.05, 3.63) is 0 Å². The summed E-state index contributed by atoms with van der Waals surface area (Å²) in [7, 11) is 0. The molecular formula is C10H18S2. The SMILES string of the molecule is CC1(C)C2CCC(S)(CS)C1C2. The fourth-order valence-electron chi connectivity index (χ4n) is 3.21. The van der Waals surface area contributed by atoms with E-state index in [0.29, 0.717) is 5.41 Å². The van der Waals surface area contributed by atoms with E-state index in [1.165, 1.54) is 19.3 Å². The van der Waals surface area contributed by atoms with Crippen molar-refractivity contribution in [2.24, 2.45) is 17.3 Å². The molecular weight excluding hydrogens is 184 g/mol. The van der Waals surface area contributed by atoms with E-state index in [2.05, 4.69) is 26.5 Å². The number of hydrogen-bond donors (Lipinski definition) is 2. The molecule has 3 rings (SSSR count). The van der Waals surface area contributed by atoms with E-state index in [-0.39, 0.29) is 4.75 Å². The summed E-state index contributed by atoms with van der Waals surface area (Å²) in [5.74, 6) is 2.73. The van der Waals surface area contributed by atoms with Crippen molar-refractivity contribution in [2.45, 2.75) is 37.9 Å². The summed E-state index contributed by atoms with van der Waals surface area (Å²) < 4.78 is 0.237. The van der Waals surface area contributed by atoms with E-state index in [1.807, 2.05) is 0 Å². The van der Waals surface area contributed by atoms with E-state index in [4.69, 9.17) is 12.6 Å². The van der Waals surface area contributed by atoms with Crippen molar-refractivity contribution in [2.75, 3.05) is 5.75 Å². The zero-order chi connectivity index (χ0) is 8.98. The first-order valence-corrected chi connectivity index (χ1v) is 5.92. The Hall–Kier alpha value is 0.700. The molecule has 3 atom stereocenters. The van der Waals surface area contributed by atoms with Gasteiger partial charge in [0.1, 0.15) is 0 Å². The zero-order valence-electron chi connectivity index (χ0n) is 7.88. The molecule has 0 spiro atoms. The third kappa shape index (κ3) is 1.00. The fraction of sp³-hybridized carbons (Fsp3) is 1.00. The van der Waals surface area contributed by atoms with Gasteiger partial charge < -0.3 is 0 Å². The standard InChI is InChI=1S/C10H18S2/c1-9(2)7-3-4-10(12,6-11)8(9)5-7/h7-8,11-12H,3-6H2,1-2H3. The average Bonchev–Trinajstić information content (AvgIpc) is 2.04. The number of fused-ring (bicyclic) bond motifs is 2. The van der Waals surface area contributed by atoms with Crippen molar-refractivity contribution >= 4 is 25.3 Å². The second kappa shape index (κ2) is 2.60. The predicted octanol–water partition coefficient (Wildman–Crippen LogP) is 3.04. The molecule has 3 aliphatic carbocycles. The van der Waals surface area contributed by atoms with Gasteiger partial charge in [-0.3, -0.25) is 0 Å². The minimum absolute atomic E-state index is 0.237. The normalized spacial score (nSPS) is 50.0. The molecule has 3 saturated carbocycles. The van der Waals surface area contributed by atoms with Crippen molar-refractivity contribution in [3.63, 3.8) is 0 Å². The fourth-order valence-corrected chi connectivity index (χ4v) is 4.15. The average molecular weight is 202 g/mol. The molecule has 0 amide bonds. The van der Waals surface area contributed by atoms with Crippen LogP contribution in [0.15, 0.2) is 0 Å². The first-order chi connectivity index (χ1) is 5.50. The highest BCUT2D eigenvalue weighted by atomic mass is 32.1. The molecule has 0 radical (unpaired) electrons. The zero-order valence-corrected chi connectivity index (χ0v) is 9.67. The molecule has 0 aromatic rings. The lowest BCUT2D eigenvalue weighted by atomic mass is 9.45. The maximum Gasteiger partial charge on any atom is 0.0251 e. The van der Waals surface area contributed by atoms with Crippen molar-refractivity contribution in [1.82, 2.24) is 0 Å². The van der Waals surface area contributed by atoms with Gasteiger partial charge in [0.25, 0.3) is 0 Å². The van der Waals surface area contributed by atoms with Gasteiger partial charge in [0.05, 0.1) is 0 Å². The maximum absolute atomic E-state index is 4.82. The lowest BCUT2D eigenvalue weighted by Gasteiger charge is -2.63. The van der Waals surface area contributed by atoms with Gasteiger partial charge in [-0.25, -0.2) is 0 Å². The lowest BCUT2D eigenvalue weighted by molar-refractivity contribution is -0.0832. The van der Waals surface area contributed by atoms with Gasteiger partial charge in [-0.2, -0.15) is 25.3 Å². The molecule has 0 aromatic carbocycles. The Balaban J connectivity index is 2.21. The molecule has 3 aliphatic rings. The Morgan fingerprint density at radius 3 is 2.42 bits per heavy atom. The Labute approximate surface area is 86.3 Å². The summed E-state index contributed by atoms with van der Waals surface area (Å²) >= 11 is 9.25. The van der Waals surface area contributed by atoms with E-state index < -0.39 is 0 Å². The predicted molar refractivity (Wildman–Crippen MR) is 60.2 cm³/mol. The Morgan fingerprint density at radius 2 is 2.08 bits per heavy atom. The smallest absolute Gasteiger partial charge is 0.0251 e. The number of hydrogen-bond acceptors (Lipinski definition) is 2. The molecule has 0 aliphatic heterocycles. The summed E-state index contributed by atoms with van der Waals surface area (Å²) in [6.07, 6.45) is 4.04. The van der Waals surface area contributed by atoms with Crippen LogP contribution in [0, 0.1) is 17.3 Å². The molecule has 0 nitrogen and oxygen atoms in total. The van der Waals surface area contributed by atoms with Gasteiger partial charge in [-0.05, 0) is 36.5 Å². The quantitative estimate of drug-likeness (QED) is 0.600. The second-order valence-electron chi connectivity index (χ2n) is 5.11. The van der Waals surface area contributed by atoms with Gasteiger partial charge in [0.2, 0.25) is 0 Å². The van der Waals surface area contributed by atoms with E-state index in [9.17, 15) is 0 Å². The topological polar surface area (TPSA) is 0 Å². The van der Waals surface area contributed by atoms with Crippen molar-refractivity contribution < 1.29 is 0 Å². The summed E-state index contributed by atoms with van der Waals surface area (Å²) in [5.41, 5.74) is 0.544. The molecule has 2 heteroatoms. The Kier molecular flexibility index (Phi) is 2.01. The van der Waals surface area contributed by atoms with Crippen LogP contribution in [0.5, 0.6) is 0 Å². The molecule has 70 valence electrons. The summed E-state index contributed by atoms with van der Waals surface area (Å²) in [4.78, 5) is 0. The van der Waals surface area contributed by atoms with Gasteiger partial charge in [-0.1, -0.05) is 13.8 Å². The third-order valence-corrected chi connectivity index (χ3v) is 5.83. The highest BCUT2D eigenvalue weighted by molar-refractivity contribution is 7.85. The monoisotopic (exact) mass is 202 g/mol. The highest BCUT2D eigenvalue weighted by Crippen LogP contribution is 2.64. The molecule has 3 fully saturated rings. The number of rotatable bonds is 1. The molecule has 12 heavy (non-hydrogen) atoms. The lowest BCUT2D eigenvalue weighted by Crippen LogP contribution is -2.59. The first-order valence-electron chi connectivity index (χ1n) is 4.84. The molecule has 3 unspecified atom stereocenters. The van der Waals surface area contributed by atoms with Crippen LogP contribution in [-0.2, 0) is 0 Å². The van der Waals surface area contributed by atoms with Crippen LogP contribution in [0.3, 0.4) is 0 Å². The van der Waals surface area contributed by atoms with E-state index in [0.717, 1.165) is 17.6 Å². The van der Waals surface area contributed by atoms with Crippen LogP contribution in [0.1, 0.15) is 33.1 Å². The van der Waals surface area contributed by atoms with Crippen molar-refractivity contribution in [3.8, 4) is 0 Å². The third-order valence-electron chi connectivity index (χ3n) is 4.32. The molecule has 0 aromatic heterocycles. The Bertz CT molecular complexity index is 198. The molecule has 0 saturated heterocycles. The van der Waals surface area contributed by atoms with Gasteiger partial charge in [0.15, 0.2) is 0 Å². The van der Waals surface area contributed by atoms with E-state index in [1.54, 1.807) is 0 Å². The highest BCUT2D eigenvalue weighted by Gasteiger charge is 2.59. The van der Waals surface area contributed by atoms with Crippen LogP contribution >= 0.6 is 25.3 Å². The van der Waals surface area contributed by atoms with Gasteiger partial charge >= 0.3 is 0 Å². The second-order valence-corrected chi connectivity index (χ2v) is 6.31. The summed E-state index contributed by atoms with van der Waals surface area (Å²) in [6, 6.07) is 0. The van der Waals surface area contributed by atoms with E-state index >= 15 is 0 Å². The van der Waals surface area contributed by atoms with Crippen LogP contribution in [-0.4, -0.2) is 10.5 Å². The van der Waals surface area contributed by atoms with Crippen LogP contribution in [0.2, 0.25) is 0 Å². The van der Waals surface area contributed by atoms with Crippen LogP contribution < -0.4 is 0 Å². The molecule has 2 bridgehead atoms. The van der Waals surface area contributed by atoms with Crippen LogP contribution in [0.4, 0.5) is 0 Å². The summed E-state index contributed by atoms with van der Waals surface area (Å²) in [6.45, 7) is 4.80. The summed E-state index contributed by atoms with van der Waals surface area (Å²) in [5, 5.41) is 0. The maximum atomic E-state index is 4.82. The first kappa shape index (κ1) is 9.26.